The molecular weight excluding hydrogens is 322 g/mol. The molecule has 1 aliphatic rings. The lowest BCUT2D eigenvalue weighted by Gasteiger charge is -2.47. The first-order valence-corrected chi connectivity index (χ1v) is 9.49. The summed E-state index contributed by atoms with van der Waals surface area (Å²) in [7, 11) is 4.09. The molecule has 1 unspecified atom stereocenters. The zero-order chi connectivity index (χ0) is 18.9. The number of nitrogens with one attached hydrogen (secondary N) is 1. The van der Waals surface area contributed by atoms with Gasteiger partial charge in [0.05, 0.1) is 6.04 Å². The molecule has 0 aliphatic carbocycles. The number of hydrogen-bond donors (Lipinski definition) is 1. The van der Waals surface area contributed by atoms with Crippen molar-refractivity contribution in [1.82, 2.24) is 15.1 Å². The van der Waals surface area contributed by atoms with Gasteiger partial charge in [-0.15, -0.1) is 0 Å². The second kappa shape index (κ2) is 7.28. The molecule has 3 rings (SSSR count). The van der Waals surface area contributed by atoms with Gasteiger partial charge >= 0.3 is 6.03 Å². The van der Waals surface area contributed by atoms with Crippen LogP contribution in [0, 0.1) is 5.41 Å². The van der Waals surface area contributed by atoms with Gasteiger partial charge in [0, 0.05) is 19.6 Å². The normalized spacial score (nSPS) is 21.3. The summed E-state index contributed by atoms with van der Waals surface area (Å²) in [6, 6.07) is 14.8. The van der Waals surface area contributed by atoms with E-state index in [0.29, 0.717) is 0 Å². The summed E-state index contributed by atoms with van der Waals surface area (Å²) in [5.74, 6) is 0. The van der Waals surface area contributed by atoms with Crippen molar-refractivity contribution in [2.24, 2.45) is 5.41 Å². The molecule has 2 aromatic rings. The van der Waals surface area contributed by atoms with Crippen molar-refractivity contribution in [2.75, 3.05) is 27.2 Å². The van der Waals surface area contributed by atoms with E-state index >= 15 is 0 Å². The molecule has 26 heavy (non-hydrogen) atoms. The zero-order valence-electron chi connectivity index (χ0n) is 16.6. The van der Waals surface area contributed by atoms with Crippen molar-refractivity contribution >= 4 is 16.8 Å². The molecule has 1 heterocycles. The maximum atomic E-state index is 12.9. The lowest BCUT2D eigenvalue weighted by molar-refractivity contribution is 0.0446. The highest BCUT2D eigenvalue weighted by atomic mass is 16.2. The van der Waals surface area contributed by atoms with E-state index in [9.17, 15) is 4.79 Å². The molecule has 2 atom stereocenters. The molecule has 2 amide bonds. The van der Waals surface area contributed by atoms with Gasteiger partial charge < -0.3 is 15.1 Å². The van der Waals surface area contributed by atoms with Crippen molar-refractivity contribution in [2.45, 2.75) is 39.3 Å². The summed E-state index contributed by atoms with van der Waals surface area (Å²) < 4.78 is 0. The molecule has 1 fully saturated rings. The van der Waals surface area contributed by atoms with Crippen LogP contribution in [0.4, 0.5) is 4.79 Å². The standard InChI is InChI=1S/C22H31N3O/c1-16(18-12-8-10-17-9-6-7-11-19(17)18)23-21(26)25(5)20-13-14-24(4)15-22(20,2)3/h6-12,16,20H,13-15H2,1-5H3,(H,23,26)/t16-,20?/m1/s1. The maximum absolute atomic E-state index is 12.9. The molecule has 1 N–H and O–H groups in total. The molecule has 0 radical (unpaired) electrons. The Hall–Kier alpha value is -2.07. The van der Waals surface area contributed by atoms with Crippen LogP contribution in [0.2, 0.25) is 0 Å². The minimum Gasteiger partial charge on any atom is -0.331 e. The Morgan fingerprint density at radius 2 is 1.92 bits per heavy atom. The number of piperidine rings is 1. The van der Waals surface area contributed by atoms with Crippen molar-refractivity contribution in [3.8, 4) is 0 Å². The van der Waals surface area contributed by atoms with Gasteiger partial charge in [0.25, 0.3) is 0 Å². The number of fused-ring (bicyclic) bond motifs is 1. The molecule has 4 nitrogen and oxygen atoms in total. The average Bonchev–Trinajstić information content (AvgIpc) is 2.59. The van der Waals surface area contributed by atoms with Gasteiger partial charge in [-0.2, -0.15) is 0 Å². The fraction of sp³-hybridized carbons (Fsp3) is 0.500. The second-order valence-corrected chi connectivity index (χ2v) is 8.38. The second-order valence-electron chi connectivity index (χ2n) is 8.38. The molecular formula is C22H31N3O. The number of carbonyl (C=O) groups excluding carboxylic acids is 1. The van der Waals surface area contributed by atoms with E-state index in [-0.39, 0.29) is 23.5 Å². The lowest BCUT2D eigenvalue weighted by Crippen LogP contribution is -2.57. The van der Waals surface area contributed by atoms with E-state index in [2.05, 4.69) is 68.4 Å². The number of benzene rings is 2. The number of carbonyl (C=O) groups is 1. The Morgan fingerprint density at radius 1 is 1.23 bits per heavy atom. The van der Waals surface area contributed by atoms with Gasteiger partial charge in [0.15, 0.2) is 0 Å². The zero-order valence-corrected chi connectivity index (χ0v) is 16.6. The Labute approximate surface area is 157 Å². The Bertz CT molecular complexity index is 781. The molecule has 140 valence electrons. The molecule has 1 aliphatic heterocycles. The summed E-state index contributed by atoms with van der Waals surface area (Å²) in [6.45, 7) is 8.61. The van der Waals surface area contributed by atoms with Crippen molar-refractivity contribution in [3.05, 3.63) is 48.0 Å². The van der Waals surface area contributed by atoms with Gasteiger partial charge in [-0.05, 0) is 48.7 Å². The van der Waals surface area contributed by atoms with Crippen LogP contribution in [0.3, 0.4) is 0 Å². The van der Waals surface area contributed by atoms with Gasteiger partial charge in [-0.1, -0.05) is 56.3 Å². The van der Waals surface area contributed by atoms with Crippen LogP contribution in [0.15, 0.2) is 42.5 Å². The monoisotopic (exact) mass is 353 g/mol. The van der Waals surface area contributed by atoms with E-state index < -0.39 is 0 Å². The summed E-state index contributed by atoms with van der Waals surface area (Å²) >= 11 is 0. The Morgan fingerprint density at radius 3 is 2.65 bits per heavy atom. The smallest absolute Gasteiger partial charge is 0.317 e. The van der Waals surface area contributed by atoms with Gasteiger partial charge in [0.1, 0.15) is 0 Å². The van der Waals surface area contributed by atoms with E-state index in [1.54, 1.807) is 0 Å². The van der Waals surface area contributed by atoms with Crippen molar-refractivity contribution in [3.63, 3.8) is 0 Å². The molecule has 0 saturated carbocycles. The Balaban J connectivity index is 1.74. The molecule has 0 spiro atoms. The number of nitrogens with zero attached hydrogens (tertiary/aromatic N) is 2. The quantitative estimate of drug-likeness (QED) is 0.894. The number of likely N-dealkylation sites (tertiary alicyclic amines) is 1. The fourth-order valence-electron chi connectivity index (χ4n) is 4.47. The van der Waals surface area contributed by atoms with Crippen LogP contribution in [0.5, 0.6) is 0 Å². The predicted molar refractivity (Wildman–Crippen MR) is 108 cm³/mol. The minimum absolute atomic E-state index is 0.00747. The average molecular weight is 354 g/mol. The van der Waals surface area contributed by atoms with Gasteiger partial charge in [-0.3, -0.25) is 0 Å². The number of urea groups is 1. The van der Waals surface area contributed by atoms with Crippen molar-refractivity contribution in [1.29, 1.82) is 0 Å². The molecule has 1 saturated heterocycles. The topological polar surface area (TPSA) is 35.6 Å². The SMILES string of the molecule is C[C@@H](NC(=O)N(C)C1CCN(C)CC1(C)C)c1cccc2ccccc12. The van der Waals surface area contributed by atoms with Crippen LogP contribution in [-0.2, 0) is 0 Å². The molecule has 4 heteroatoms. The maximum Gasteiger partial charge on any atom is 0.317 e. The highest BCUT2D eigenvalue weighted by Crippen LogP contribution is 2.32. The number of amides is 2. The van der Waals surface area contributed by atoms with Crippen LogP contribution >= 0.6 is 0 Å². The summed E-state index contributed by atoms with van der Waals surface area (Å²) in [5.41, 5.74) is 1.24. The predicted octanol–water partition coefficient (Wildman–Crippen LogP) is 4.27. The summed E-state index contributed by atoms with van der Waals surface area (Å²) in [4.78, 5) is 17.2. The number of hydrogen-bond acceptors (Lipinski definition) is 2. The first-order chi connectivity index (χ1) is 12.3. The van der Waals surface area contributed by atoms with E-state index in [4.69, 9.17) is 0 Å². The summed E-state index contributed by atoms with van der Waals surface area (Å²) in [5, 5.41) is 5.61. The van der Waals surface area contributed by atoms with Crippen LogP contribution in [-0.4, -0.2) is 49.1 Å². The molecule has 0 aromatic heterocycles. The largest absolute Gasteiger partial charge is 0.331 e. The minimum atomic E-state index is -0.0366. The van der Waals surface area contributed by atoms with E-state index in [1.165, 1.54) is 10.8 Å². The van der Waals surface area contributed by atoms with Gasteiger partial charge in [-0.25, -0.2) is 4.79 Å². The lowest BCUT2D eigenvalue weighted by atomic mass is 9.78. The third kappa shape index (κ3) is 3.70. The summed E-state index contributed by atoms with van der Waals surface area (Å²) in [6.07, 6.45) is 1.01. The third-order valence-corrected chi connectivity index (χ3v) is 5.78. The van der Waals surface area contributed by atoms with E-state index in [1.807, 2.05) is 24.1 Å². The van der Waals surface area contributed by atoms with Gasteiger partial charge in [0.2, 0.25) is 0 Å². The Kier molecular flexibility index (Phi) is 5.24. The fourth-order valence-corrected chi connectivity index (χ4v) is 4.47. The van der Waals surface area contributed by atoms with Crippen LogP contribution in [0.25, 0.3) is 10.8 Å². The third-order valence-electron chi connectivity index (χ3n) is 5.78. The number of rotatable bonds is 3. The molecule has 0 bridgehead atoms. The first kappa shape index (κ1) is 18.7. The highest BCUT2D eigenvalue weighted by molar-refractivity contribution is 5.86. The van der Waals surface area contributed by atoms with Crippen LogP contribution in [0.1, 0.15) is 38.8 Å². The van der Waals surface area contributed by atoms with Crippen LogP contribution < -0.4 is 5.32 Å². The molecule has 2 aromatic carbocycles. The highest BCUT2D eigenvalue weighted by Gasteiger charge is 2.38. The van der Waals surface area contributed by atoms with Crippen molar-refractivity contribution < 1.29 is 4.79 Å². The van der Waals surface area contributed by atoms with E-state index in [0.717, 1.165) is 25.1 Å². The first-order valence-electron chi connectivity index (χ1n) is 9.49.